The minimum Gasteiger partial charge on any atom is -0.438 e. The SMILES string of the molecule is COC(=O)OC.O=C1OCCOC(=O)O1. The Bertz CT molecular complexity index is 213. The molecule has 1 saturated heterocycles. The molecule has 0 spiro atoms. The summed E-state index contributed by atoms with van der Waals surface area (Å²) in [4.78, 5) is 30.0. The summed E-state index contributed by atoms with van der Waals surface area (Å²) < 4.78 is 20.5. The van der Waals surface area contributed by atoms with Gasteiger partial charge in [0.15, 0.2) is 0 Å². The number of carbonyl (C=O) groups excluding carboxylic acids is 3. The van der Waals surface area contributed by atoms with Crippen LogP contribution >= 0.6 is 0 Å². The van der Waals surface area contributed by atoms with Crippen LogP contribution in [0.5, 0.6) is 0 Å². The highest BCUT2D eigenvalue weighted by atomic mass is 16.8. The predicted molar refractivity (Wildman–Crippen MR) is 43.2 cm³/mol. The van der Waals surface area contributed by atoms with E-state index in [1.54, 1.807) is 0 Å². The molecule has 86 valence electrons. The van der Waals surface area contributed by atoms with E-state index in [9.17, 15) is 14.4 Å². The molecule has 0 saturated carbocycles. The average molecular weight is 222 g/mol. The van der Waals surface area contributed by atoms with Gasteiger partial charge < -0.3 is 23.7 Å². The van der Waals surface area contributed by atoms with E-state index in [1.165, 1.54) is 14.2 Å². The summed E-state index contributed by atoms with van der Waals surface area (Å²) >= 11 is 0. The van der Waals surface area contributed by atoms with Crippen molar-refractivity contribution in [2.75, 3.05) is 27.4 Å². The summed E-state index contributed by atoms with van der Waals surface area (Å²) in [6.07, 6.45) is -2.66. The lowest BCUT2D eigenvalue weighted by Gasteiger charge is -1.91. The van der Waals surface area contributed by atoms with Crippen LogP contribution in [0, 0.1) is 0 Å². The van der Waals surface area contributed by atoms with Crippen LogP contribution in [0.15, 0.2) is 0 Å². The van der Waals surface area contributed by atoms with Crippen molar-refractivity contribution in [3.05, 3.63) is 0 Å². The third-order valence-electron chi connectivity index (χ3n) is 1.02. The lowest BCUT2D eigenvalue weighted by Crippen LogP contribution is -2.07. The molecule has 8 heteroatoms. The lowest BCUT2D eigenvalue weighted by atomic mass is 10.8. The summed E-state index contributed by atoms with van der Waals surface area (Å²) in [6.45, 7) is 0.120. The fourth-order valence-electron chi connectivity index (χ4n) is 0.460. The molecule has 1 fully saturated rings. The van der Waals surface area contributed by atoms with Crippen molar-refractivity contribution in [2.24, 2.45) is 0 Å². The van der Waals surface area contributed by atoms with Gasteiger partial charge in [-0.05, 0) is 0 Å². The number of rotatable bonds is 0. The summed E-state index contributed by atoms with van der Waals surface area (Å²) in [5.74, 6) is 0. The standard InChI is InChI=1S/C4H4O5.C3H6O3/c5-3-7-1-2-8-4(6)9-3;1-5-3(4)6-2/h1-2H2;1-2H3. The number of carbonyl (C=O) groups is 3. The fourth-order valence-corrected chi connectivity index (χ4v) is 0.460. The highest BCUT2D eigenvalue weighted by Crippen LogP contribution is 1.95. The first-order chi connectivity index (χ1) is 7.10. The first kappa shape index (κ1) is 13.0. The maximum Gasteiger partial charge on any atom is 0.518 e. The molecule has 1 rings (SSSR count). The van der Waals surface area contributed by atoms with Gasteiger partial charge in [-0.2, -0.15) is 0 Å². The zero-order valence-electron chi connectivity index (χ0n) is 8.18. The van der Waals surface area contributed by atoms with E-state index in [-0.39, 0.29) is 13.2 Å². The van der Waals surface area contributed by atoms with Gasteiger partial charge in [0.25, 0.3) is 0 Å². The van der Waals surface area contributed by atoms with Crippen LogP contribution < -0.4 is 0 Å². The van der Waals surface area contributed by atoms with Crippen LogP contribution in [-0.4, -0.2) is 45.9 Å². The molecule has 0 N–H and O–H groups in total. The summed E-state index contributed by atoms with van der Waals surface area (Å²) in [5, 5.41) is 0. The monoisotopic (exact) mass is 222 g/mol. The maximum absolute atomic E-state index is 10.1. The van der Waals surface area contributed by atoms with E-state index >= 15 is 0 Å². The molecule has 1 aliphatic heterocycles. The maximum atomic E-state index is 10.1. The number of methoxy groups -OCH3 is 2. The minimum atomic E-state index is -1.00. The molecule has 0 aliphatic carbocycles. The zero-order chi connectivity index (χ0) is 11.7. The van der Waals surface area contributed by atoms with Crippen LogP contribution in [0.3, 0.4) is 0 Å². The Morgan fingerprint density at radius 2 is 1.47 bits per heavy atom. The summed E-state index contributed by atoms with van der Waals surface area (Å²) in [6, 6.07) is 0. The molecule has 15 heavy (non-hydrogen) atoms. The molecule has 0 unspecified atom stereocenters. The summed E-state index contributed by atoms with van der Waals surface area (Å²) in [7, 11) is 2.51. The van der Waals surface area contributed by atoms with Crippen molar-refractivity contribution in [3.8, 4) is 0 Å². The number of ether oxygens (including phenoxy) is 5. The van der Waals surface area contributed by atoms with Crippen molar-refractivity contribution in [1.82, 2.24) is 0 Å². The molecular formula is C7H10O8. The molecule has 1 aliphatic rings. The molecule has 0 bridgehead atoms. The van der Waals surface area contributed by atoms with Crippen molar-refractivity contribution in [3.63, 3.8) is 0 Å². The van der Waals surface area contributed by atoms with Gasteiger partial charge in [-0.25, -0.2) is 14.4 Å². The molecule has 0 aromatic rings. The normalized spacial score (nSPS) is 14.3. The molecular weight excluding hydrogens is 212 g/mol. The Morgan fingerprint density at radius 1 is 1.07 bits per heavy atom. The molecule has 0 amide bonds. The Hall–Kier alpha value is -1.99. The second-order valence-corrected chi connectivity index (χ2v) is 1.96. The van der Waals surface area contributed by atoms with Crippen molar-refractivity contribution >= 4 is 18.5 Å². The molecule has 0 aromatic heterocycles. The van der Waals surface area contributed by atoms with E-state index in [4.69, 9.17) is 0 Å². The van der Waals surface area contributed by atoms with Crippen LogP contribution in [0.4, 0.5) is 14.4 Å². The van der Waals surface area contributed by atoms with E-state index in [0.29, 0.717) is 0 Å². The van der Waals surface area contributed by atoms with Crippen LogP contribution in [0.25, 0.3) is 0 Å². The van der Waals surface area contributed by atoms with Crippen molar-refractivity contribution in [2.45, 2.75) is 0 Å². The number of cyclic esters (lactones) is 4. The van der Waals surface area contributed by atoms with Gasteiger partial charge in [-0.3, -0.25) is 0 Å². The summed E-state index contributed by atoms with van der Waals surface area (Å²) in [5.41, 5.74) is 0. The molecule has 0 atom stereocenters. The largest absolute Gasteiger partial charge is 0.518 e. The Labute approximate surface area is 85.0 Å². The fraction of sp³-hybridized carbons (Fsp3) is 0.571. The third kappa shape index (κ3) is 7.11. The second kappa shape index (κ2) is 7.42. The van der Waals surface area contributed by atoms with E-state index < -0.39 is 18.5 Å². The minimum absolute atomic E-state index is 0.0601. The first-order valence-electron chi connectivity index (χ1n) is 3.73. The zero-order valence-corrected chi connectivity index (χ0v) is 8.18. The van der Waals surface area contributed by atoms with E-state index in [2.05, 4.69) is 23.7 Å². The Balaban J connectivity index is 0.000000288. The van der Waals surface area contributed by atoms with Gasteiger partial charge in [0, 0.05) is 0 Å². The highest BCUT2D eigenvalue weighted by molar-refractivity contribution is 5.77. The quantitative estimate of drug-likeness (QED) is 0.335. The first-order valence-corrected chi connectivity index (χ1v) is 3.73. The van der Waals surface area contributed by atoms with Gasteiger partial charge in [-0.1, -0.05) is 0 Å². The van der Waals surface area contributed by atoms with Crippen LogP contribution in [-0.2, 0) is 23.7 Å². The molecule has 1 heterocycles. The topological polar surface area (TPSA) is 97.4 Å². The smallest absolute Gasteiger partial charge is 0.438 e. The number of hydrogen-bond acceptors (Lipinski definition) is 8. The van der Waals surface area contributed by atoms with Crippen LogP contribution in [0.2, 0.25) is 0 Å². The second-order valence-electron chi connectivity index (χ2n) is 1.96. The van der Waals surface area contributed by atoms with Gasteiger partial charge >= 0.3 is 18.5 Å². The third-order valence-corrected chi connectivity index (χ3v) is 1.02. The van der Waals surface area contributed by atoms with Crippen molar-refractivity contribution in [1.29, 1.82) is 0 Å². The van der Waals surface area contributed by atoms with Gasteiger partial charge in [-0.15, -0.1) is 0 Å². The molecule has 0 radical (unpaired) electrons. The Morgan fingerprint density at radius 3 is 1.73 bits per heavy atom. The van der Waals surface area contributed by atoms with Crippen molar-refractivity contribution < 1.29 is 38.1 Å². The highest BCUT2D eigenvalue weighted by Gasteiger charge is 2.16. The van der Waals surface area contributed by atoms with E-state index in [0.717, 1.165) is 0 Å². The van der Waals surface area contributed by atoms with Crippen LogP contribution in [0.1, 0.15) is 0 Å². The molecule has 0 aromatic carbocycles. The predicted octanol–water partition coefficient (Wildman–Crippen LogP) is 0.689. The average Bonchev–Trinajstić information content (AvgIpc) is 2.41. The lowest BCUT2D eigenvalue weighted by molar-refractivity contribution is 0.0776. The Kier molecular flexibility index (Phi) is 6.43. The van der Waals surface area contributed by atoms with E-state index in [1.807, 2.05) is 0 Å². The molecule has 8 nitrogen and oxygen atoms in total. The van der Waals surface area contributed by atoms with Gasteiger partial charge in [0.2, 0.25) is 0 Å². The van der Waals surface area contributed by atoms with Gasteiger partial charge in [0.1, 0.15) is 13.2 Å². The number of hydrogen-bond donors (Lipinski definition) is 0. The van der Waals surface area contributed by atoms with Gasteiger partial charge in [0.05, 0.1) is 14.2 Å².